The van der Waals surface area contributed by atoms with Gasteiger partial charge in [-0.05, 0) is 51.5 Å². The van der Waals surface area contributed by atoms with Crippen LogP contribution in [0.25, 0.3) is 6.08 Å². The lowest BCUT2D eigenvalue weighted by Crippen LogP contribution is -2.35. The molecule has 1 amide bonds. The fraction of sp³-hybridized carbons (Fsp3) is 0.560. The molecule has 0 saturated heterocycles. The number of carbonyl (C=O) groups is 1. The predicted molar refractivity (Wildman–Crippen MR) is 140 cm³/mol. The monoisotopic (exact) mass is 497 g/mol. The summed E-state index contributed by atoms with van der Waals surface area (Å²) in [4.78, 5) is 34.2. The number of carbonyl (C=O) groups excluding carboxylic acids is 1. The number of amides is 1. The second kappa shape index (κ2) is 9.61. The van der Waals surface area contributed by atoms with E-state index in [4.69, 9.17) is 0 Å². The van der Waals surface area contributed by atoms with E-state index < -0.39 is 17.6 Å². The first kappa shape index (κ1) is 27.7. The number of phenols is 1. The highest BCUT2D eigenvalue weighted by Gasteiger charge is 2.35. The van der Waals surface area contributed by atoms with Crippen LogP contribution in [0.2, 0.25) is 0 Å². The highest BCUT2D eigenvalue weighted by Crippen LogP contribution is 2.59. The highest BCUT2D eigenvalue weighted by atomic mass is 32.3. The lowest BCUT2D eigenvalue weighted by atomic mass is 9.78. The summed E-state index contributed by atoms with van der Waals surface area (Å²) in [5.74, 6) is 1.70. The van der Waals surface area contributed by atoms with Gasteiger partial charge >= 0.3 is 7.60 Å². The van der Waals surface area contributed by atoms with Crippen molar-refractivity contribution < 1.29 is 24.3 Å². The van der Waals surface area contributed by atoms with Gasteiger partial charge in [-0.25, -0.2) is 0 Å². The molecule has 0 aromatic heterocycles. The molecule has 1 aliphatic heterocycles. The lowest BCUT2D eigenvalue weighted by molar-refractivity contribution is -0.123. The van der Waals surface area contributed by atoms with Crippen molar-refractivity contribution in [1.82, 2.24) is 4.90 Å². The Morgan fingerprint density at radius 3 is 1.88 bits per heavy atom. The standard InChI is InChI=1S/C25H40NO5PS/c1-9-33(10-2)14-12-26(11-13-32(29,30)31)23(28)21(33)17-18-15-19(24(3,4)5)22(27)20(16-18)25(6,7)8/h12,14-17,27H,9-11,13H2,1-8H3,(H2,29,30,31)/b21-17+. The Morgan fingerprint density at radius 1 is 1.00 bits per heavy atom. The topological polar surface area (TPSA) is 98.1 Å². The predicted octanol–water partition coefficient (Wildman–Crippen LogP) is 5.66. The number of rotatable bonds is 6. The van der Waals surface area contributed by atoms with Crippen LogP contribution in [0.5, 0.6) is 5.75 Å². The van der Waals surface area contributed by atoms with E-state index in [9.17, 15) is 24.3 Å². The molecule has 0 spiro atoms. The van der Waals surface area contributed by atoms with Gasteiger partial charge in [-0.1, -0.05) is 55.4 Å². The summed E-state index contributed by atoms with van der Waals surface area (Å²) in [5.41, 5.74) is 1.93. The third-order valence-electron chi connectivity index (χ3n) is 6.12. The molecule has 8 heteroatoms. The highest BCUT2D eigenvalue weighted by molar-refractivity contribution is 8.39. The van der Waals surface area contributed by atoms with E-state index >= 15 is 0 Å². The molecule has 0 saturated carbocycles. The quantitative estimate of drug-likeness (QED) is 0.348. The van der Waals surface area contributed by atoms with Crippen LogP contribution in [0.4, 0.5) is 0 Å². The number of benzene rings is 1. The normalized spacial score (nSPS) is 19.3. The third-order valence-corrected chi connectivity index (χ3v) is 10.8. The maximum absolute atomic E-state index is 13.5. The minimum absolute atomic E-state index is 0.0318. The van der Waals surface area contributed by atoms with Crippen LogP contribution in [0.15, 0.2) is 28.6 Å². The molecule has 1 aromatic carbocycles. The largest absolute Gasteiger partial charge is 0.507 e. The number of hydrogen-bond donors (Lipinski definition) is 3. The summed E-state index contributed by atoms with van der Waals surface area (Å²) in [5, 5.41) is 13.1. The Labute approximate surface area is 200 Å². The van der Waals surface area contributed by atoms with Crippen molar-refractivity contribution in [3.05, 3.63) is 45.3 Å². The molecule has 0 radical (unpaired) electrons. The van der Waals surface area contributed by atoms with Crippen LogP contribution in [0, 0.1) is 0 Å². The fourth-order valence-electron chi connectivity index (χ4n) is 3.98. The van der Waals surface area contributed by atoms with Crippen LogP contribution >= 0.6 is 17.6 Å². The molecule has 6 nitrogen and oxygen atoms in total. The van der Waals surface area contributed by atoms with Crippen molar-refractivity contribution in [2.75, 3.05) is 24.2 Å². The van der Waals surface area contributed by atoms with Crippen LogP contribution < -0.4 is 0 Å². The van der Waals surface area contributed by atoms with Crippen molar-refractivity contribution in [2.24, 2.45) is 0 Å². The number of phenolic OH excluding ortho intramolecular Hbond substituents is 1. The van der Waals surface area contributed by atoms with E-state index in [-0.39, 0.29) is 29.4 Å². The Bertz CT molecular complexity index is 972. The molecular weight excluding hydrogens is 457 g/mol. The number of hydrogen-bond acceptors (Lipinski definition) is 3. The van der Waals surface area contributed by atoms with Gasteiger partial charge in [-0.3, -0.25) is 9.36 Å². The van der Waals surface area contributed by atoms with E-state index in [1.807, 2.05) is 18.2 Å². The minimum atomic E-state index is -4.22. The molecule has 1 aromatic rings. The van der Waals surface area contributed by atoms with Gasteiger partial charge in [0.2, 0.25) is 0 Å². The molecule has 0 atom stereocenters. The molecule has 0 bridgehead atoms. The van der Waals surface area contributed by atoms with Gasteiger partial charge in [-0.15, -0.1) is 0 Å². The maximum atomic E-state index is 13.5. The van der Waals surface area contributed by atoms with Crippen molar-refractivity contribution in [2.45, 2.75) is 66.2 Å². The van der Waals surface area contributed by atoms with Crippen molar-refractivity contribution >= 4 is 29.6 Å². The van der Waals surface area contributed by atoms with Gasteiger partial charge in [-0.2, -0.15) is 10.0 Å². The van der Waals surface area contributed by atoms with E-state index in [1.165, 1.54) is 4.90 Å². The van der Waals surface area contributed by atoms with Gasteiger partial charge in [0, 0.05) is 23.9 Å². The Kier molecular flexibility index (Phi) is 8.07. The van der Waals surface area contributed by atoms with E-state index in [2.05, 4.69) is 60.8 Å². The zero-order valence-electron chi connectivity index (χ0n) is 21.2. The minimum Gasteiger partial charge on any atom is -0.507 e. The summed E-state index contributed by atoms with van der Waals surface area (Å²) < 4.78 is 11.4. The summed E-state index contributed by atoms with van der Waals surface area (Å²) in [7, 11) is -5.74. The van der Waals surface area contributed by atoms with Crippen LogP contribution in [0.1, 0.15) is 72.1 Å². The maximum Gasteiger partial charge on any atom is 0.327 e. The van der Waals surface area contributed by atoms with Crippen molar-refractivity contribution in [3.8, 4) is 5.75 Å². The SMILES string of the molecule is CCS1(CC)C=CN(CCP(=O)(O)O)C(=O)/C1=C\c1cc(C(C)(C)C)c(O)c(C(C)(C)C)c1. The zero-order chi connectivity index (χ0) is 25.4. The average molecular weight is 498 g/mol. The zero-order valence-corrected chi connectivity index (χ0v) is 22.9. The van der Waals surface area contributed by atoms with E-state index in [1.54, 1.807) is 6.20 Å². The molecule has 1 heterocycles. The smallest absolute Gasteiger partial charge is 0.327 e. The van der Waals surface area contributed by atoms with Crippen LogP contribution in [-0.4, -0.2) is 49.9 Å². The molecule has 1 aliphatic rings. The Hall–Kier alpha value is -1.53. The molecule has 0 unspecified atom stereocenters. The Balaban J connectivity index is 2.71. The van der Waals surface area contributed by atoms with E-state index in [0.717, 1.165) is 28.2 Å². The second-order valence-corrected chi connectivity index (χ2v) is 16.2. The summed E-state index contributed by atoms with van der Waals surface area (Å²) in [6.07, 6.45) is 3.26. The summed E-state index contributed by atoms with van der Waals surface area (Å²) >= 11 is 0. The van der Waals surface area contributed by atoms with Crippen molar-refractivity contribution in [3.63, 3.8) is 0 Å². The average Bonchev–Trinajstić information content (AvgIpc) is 2.67. The lowest BCUT2D eigenvalue weighted by Gasteiger charge is -2.42. The van der Waals surface area contributed by atoms with Gasteiger partial charge in [0.25, 0.3) is 5.91 Å². The molecule has 0 aliphatic carbocycles. The van der Waals surface area contributed by atoms with Crippen LogP contribution in [-0.2, 0) is 20.2 Å². The van der Waals surface area contributed by atoms with Gasteiger partial charge in [0.05, 0.1) is 11.1 Å². The number of nitrogens with zero attached hydrogens (tertiary/aromatic N) is 1. The van der Waals surface area contributed by atoms with Crippen LogP contribution in [0.3, 0.4) is 0 Å². The molecule has 33 heavy (non-hydrogen) atoms. The first-order valence-electron chi connectivity index (χ1n) is 11.4. The molecule has 186 valence electrons. The van der Waals surface area contributed by atoms with Gasteiger partial charge < -0.3 is 19.8 Å². The third kappa shape index (κ3) is 6.33. The second-order valence-electron chi connectivity index (χ2n) is 10.7. The summed E-state index contributed by atoms with van der Waals surface area (Å²) in [6, 6.07) is 3.91. The molecular formula is C25H40NO5PS. The molecule has 3 N–H and O–H groups in total. The van der Waals surface area contributed by atoms with E-state index in [0.29, 0.717) is 10.7 Å². The fourth-order valence-corrected chi connectivity index (χ4v) is 7.24. The summed E-state index contributed by atoms with van der Waals surface area (Å²) in [6.45, 7) is 16.4. The first-order valence-corrected chi connectivity index (χ1v) is 15.2. The molecule has 0 fully saturated rings. The van der Waals surface area contributed by atoms with Crippen molar-refractivity contribution in [1.29, 1.82) is 0 Å². The first-order chi connectivity index (χ1) is 14.9. The van der Waals surface area contributed by atoms with Gasteiger partial charge in [0.15, 0.2) is 0 Å². The number of aromatic hydroxyl groups is 1. The molecule has 2 rings (SSSR count). The van der Waals surface area contributed by atoms with Gasteiger partial charge in [0.1, 0.15) is 5.75 Å². The Morgan fingerprint density at radius 2 is 1.48 bits per heavy atom.